The molecule has 1 saturated heterocycles. The number of benzene rings is 2. The normalized spacial score (nSPS) is 15.8. The Kier molecular flexibility index (Phi) is 6.67. The molecule has 2 aromatic rings. The molecule has 0 unspecified atom stereocenters. The number of nitrogens with one attached hydrogen (secondary N) is 1. The van der Waals surface area contributed by atoms with Gasteiger partial charge in [-0.3, -0.25) is 9.69 Å². The van der Waals surface area contributed by atoms with Crippen LogP contribution in [-0.2, 0) is 22.7 Å². The minimum absolute atomic E-state index is 0.0589. The molecular weight excluding hydrogens is 348 g/mol. The van der Waals surface area contributed by atoms with Crippen molar-refractivity contribution in [1.82, 2.24) is 4.90 Å². The number of methoxy groups -OCH3 is 1. The van der Waals surface area contributed by atoms with Gasteiger partial charge in [-0.15, -0.1) is 0 Å². The van der Waals surface area contributed by atoms with E-state index in [9.17, 15) is 4.79 Å². The first-order valence-electron chi connectivity index (χ1n) is 9.00. The molecule has 0 aliphatic carbocycles. The van der Waals surface area contributed by atoms with Crippen LogP contribution in [0.25, 0.3) is 0 Å². The maximum Gasteiger partial charge on any atom is 0.227 e. The second-order valence-electron chi connectivity index (χ2n) is 6.76. The number of halogens is 1. The van der Waals surface area contributed by atoms with Crippen molar-refractivity contribution in [1.29, 1.82) is 0 Å². The molecule has 0 spiro atoms. The number of amides is 1. The zero-order chi connectivity index (χ0) is 18.4. The maximum atomic E-state index is 12.6. The molecule has 1 aliphatic rings. The van der Waals surface area contributed by atoms with Gasteiger partial charge < -0.3 is 10.1 Å². The fraction of sp³-hybridized carbons (Fsp3) is 0.381. The Balaban J connectivity index is 1.50. The predicted octanol–water partition coefficient (Wildman–Crippen LogP) is 4.34. The summed E-state index contributed by atoms with van der Waals surface area (Å²) in [5.74, 6) is 0.167. The minimum atomic E-state index is 0.0589. The van der Waals surface area contributed by atoms with E-state index in [1.54, 1.807) is 7.11 Å². The molecule has 2 aromatic carbocycles. The van der Waals surface area contributed by atoms with E-state index < -0.39 is 0 Å². The summed E-state index contributed by atoms with van der Waals surface area (Å²) >= 11 is 6.25. The van der Waals surface area contributed by atoms with E-state index in [4.69, 9.17) is 16.3 Å². The Bertz CT molecular complexity index is 742. The van der Waals surface area contributed by atoms with Crippen LogP contribution in [0.15, 0.2) is 48.5 Å². The molecule has 1 fully saturated rings. The first-order chi connectivity index (χ1) is 12.7. The van der Waals surface area contributed by atoms with Crippen LogP contribution < -0.4 is 5.32 Å². The second kappa shape index (κ2) is 9.17. The highest BCUT2D eigenvalue weighted by molar-refractivity contribution is 6.31. The first-order valence-corrected chi connectivity index (χ1v) is 9.38. The van der Waals surface area contributed by atoms with E-state index in [2.05, 4.69) is 16.3 Å². The van der Waals surface area contributed by atoms with Crippen LogP contribution in [0.4, 0.5) is 5.69 Å². The van der Waals surface area contributed by atoms with E-state index >= 15 is 0 Å². The standard InChI is InChI=1S/C21H25ClN2O2/c1-26-15-16-5-4-7-19(13-16)23-21(25)17-9-11-24(12-10-17)14-18-6-2-3-8-20(18)22/h2-8,13,17H,9-12,14-15H2,1H3,(H,23,25). The summed E-state index contributed by atoms with van der Waals surface area (Å²) in [6.45, 7) is 3.21. The van der Waals surface area contributed by atoms with Gasteiger partial charge in [0.2, 0.25) is 5.91 Å². The van der Waals surface area contributed by atoms with Gasteiger partial charge in [-0.2, -0.15) is 0 Å². The topological polar surface area (TPSA) is 41.6 Å². The summed E-state index contributed by atoms with van der Waals surface area (Å²) in [7, 11) is 1.67. The second-order valence-corrected chi connectivity index (χ2v) is 7.17. The van der Waals surface area contributed by atoms with Gasteiger partial charge in [-0.25, -0.2) is 0 Å². The van der Waals surface area contributed by atoms with Crippen LogP contribution in [0.3, 0.4) is 0 Å². The molecule has 138 valence electrons. The molecule has 1 heterocycles. The highest BCUT2D eigenvalue weighted by Gasteiger charge is 2.25. The molecule has 0 aromatic heterocycles. The zero-order valence-electron chi connectivity index (χ0n) is 15.1. The summed E-state index contributed by atoms with van der Waals surface area (Å²) < 4.78 is 5.15. The predicted molar refractivity (Wildman–Crippen MR) is 105 cm³/mol. The third-order valence-corrected chi connectivity index (χ3v) is 5.18. The third kappa shape index (κ3) is 5.07. The average Bonchev–Trinajstić information content (AvgIpc) is 2.65. The Morgan fingerprint density at radius 1 is 1.19 bits per heavy atom. The molecule has 0 atom stereocenters. The lowest BCUT2D eigenvalue weighted by Crippen LogP contribution is -2.37. The fourth-order valence-corrected chi connectivity index (χ4v) is 3.57. The zero-order valence-corrected chi connectivity index (χ0v) is 15.8. The Hall–Kier alpha value is -1.88. The van der Waals surface area contributed by atoms with Gasteiger partial charge in [0.15, 0.2) is 0 Å². The molecule has 1 N–H and O–H groups in total. The number of rotatable bonds is 6. The van der Waals surface area contributed by atoms with Gasteiger partial charge in [0, 0.05) is 30.3 Å². The smallest absolute Gasteiger partial charge is 0.227 e. The number of carbonyl (C=O) groups is 1. The SMILES string of the molecule is COCc1cccc(NC(=O)C2CCN(Cc3ccccc3Cl)CC2)c1. The molecule has 26 heavy (non-hydrogen) atoms. The third-order valence-electron chi connectivity index (χ3n) is 4.82. The van der Waals surface area contributed by atoms with Crippen LogP contribution in [0, 0.1) is 5.92 Å². The number of carbonyl (C=O) groups excluding carboxylic acids is 1. The molecule has 5 heteroatoms. The molecule has 3 rings (SSSR count). The molecule has 0 bridgehead atoms. The van der Waals surface area contributed by atoms with Gasteiger partial charge in [0.25, 0.3) is 0 Å². The average molecular weight is 373 g/mol. The van der Waals surface area contributed by atoms with E-state index in [-0.39, 0.29) is 11.8 Å². The molecule has 1 aliphatic heterocycles. The van der Waals surface area contributed by atoms with E-state index in [1.807, 2.05) is 42.5 Å². The van der Waals surface area contributed by atoms with Gasteiger partial charge in [0.05, 0.1) is 6.61 Å². The Morgan fingerprint density at radius 3 is 2.69 bits per heavy atom. The summed E-state index contributed by atoms with van der Waals surface area (Å²) in [6.07, 6.45) is 1.74. The van der Waals surface area contributed by atoms with E-state index in [0.29, 0.717) is 6.61 Å². The van der Waals surface area contributed by atoms with E-state index in [0.717, 1.165) is 54.3 Å². The lowest BCUT2D eigenvalue weighted by molar-refractivity contribution is -0.121. The van der Waals surface area contributed by atoms with E-state index in [1.165, 1.54) is 0 Å². The number of hydrogen-bond donors (Lipinski definition) is 1. The highest BCUT2D eigenvalue weighted by Crippen LogP contribution is 2.23. The largest absolute Gasteiger partial charge is 0.380 e. The molecule has 1 amide bonds. The lowest BCUT2D eigenvalue weighted by Gasteiger charge is -2.31. The summed E-state index contributed by atoms with van der Waals surface area (Å²) in [5.41, 5.74) is 3.04. The van der Waals surface area contributed by atoms with Crippen molar-refractivity contribution in [3.05, 3.63) is 64.7 Å². The van der Waals surface area contributed by atoms with Gasteiger partial charge in [-0.05, 0) is 55.3 Å². The number of ether oxygens (including phenoxy) is 1. The van der Waals surface area contributed by atoms with Crippen LogP contribution >= 0.6 is 11.6 Å². The minimum Gasteiger partial charge on any atom is -0.380 e. The number of piperidine rings is 1. The number of nitrogens with zero attached hydrogens (tertiary/aromatic N) is 1. The highest BCUT2D eigenvalue weighted by atomic mass is 35.5. The fourth-order valence-electron chi connectivity index (χ4n) is 3.37. The van der Waals surface area contributed by atoms with Crippen molar-refractivity contribution in [3.8, 4) is 0 Å². The summed E-state index contributed by atoms with van der Waals surface area (Å²) in [4.78, 5) is 14.9. The summed E-state index contributed by atoms with van der Waals surface area (Å²) in [5, 5.41) is 3.86. The summed E-state index contributed by atoms with van der Waals surface area (Å²) in [6, 6.07) is 15.8. The van der Waals surface area contributed by atoms with Crippen LogP contribution in [-0.4, -0.2) is 31.0 Å². The Labute approximate surface area is 160 Å². The van der Waals surface area contributed by atoms with Crippen molar-refractivity contribution in [2.45, 2.75) is 26.0 Å². The van der Waals surface area contributed by atoms with Crippen molar-refractivity contribution in [3.63, 3.8) is 0 Å². The monoisotopic (exact) mass is 372 g/mol. The van der Waals surface area contributed by atoms with Crippen molar-refractivity contribution in [2.24, 2.45) is 5.92 Å². The van der Waals surface area contributed by atoms with Crippen LogP contribution in [0.1, 0.15) is 24.0 Å². The first kappa shape index (κ1) is 18.9. The van der Waals surface area contributed by atoms with Gasteiger partial charge >= 0.3 is 0 Å². The number of likely N-dealkylation sites (tertiary alicyclic amines) is 1. The number of hydrogen-bond acceptors (Lipinski definition) is 3. The van der Waals surface area contributed by atoms with Crippen molar-refractivity contribution >= 4 is 23.2 Å². The molecule has 0 radical (unpaired) electrons. The van der Waals surface area contributed by atoms with Gasteiger partial charge in [0.1, 0.15) is 0 Å². The van der Waals surface area contributed by atoms with Crippen LogP contribution in [0.2, 0.25) is 5.02 Å². The maximum absolute atomic E-state index is 12.6. The number of anilines is 1. The Morgan fingerprint density at radius 2 is 1.96 bits per heavy atom. The van der Waals surface area contributed by atoms with Crippen molar-refractivity contribution in [2.75, 3.05) is 25.5 Å². The molecule has 4 nitrogen and oxygen atoms in total. The lowest BCUT2D eigenvalue weighted by atomic mass is 9.95. The molecule has 0 saturated carbocycles. The van der Waals surface area contributed by atoms with Gasteiger partial charge in [-0.1, -0.05) is 41.9 Å². The van der Waals surface area contributed by atoms with Crippen molar-refractivity contribution < 1.29 is 9.53 Å². The quantitative estimate of drug-likeness (QED) is 0.820. The molecular formula is C21H25ClN2O2. The van der Waals surface area contributed by atoms with Crippen LogP contribution in [0.5, 0.6) is 0 Å².